The zero-order valence-electron chi connectivity index (χ0n) is 8.93. The smallest absolute Gasteiger partial charge is 0.180 e. The first-order chi connectivity index (χ1) is 7.97. The number of hydrogen-bond acceptors (Lipinski definition) is 3. The predicted molar refractivity (Wildman–Crippen MR) is 65.4 cm³/mol. The van der Waals surface area contributed by atoms with Gasteiger partial charge >= 0.3 is 0 Å². The van der Waals surface area contributed by atoms with E-state index in [-0.39, 0.29) is 17.0 Å². The van der Waals surface area contributed by atoms with E-state index in [1.54, 1.807) is 6.92 Å². The average Bonchev–Trinajstić information content (AvgIpc) is 2.51. The van der Waals surface area contributed by atoms with E-state index < -0.39 is 11.6 Å². The van der Waals surface area contributed by atoms with E-state index >= 15 is 0 Å². The Bertz CT molecular complexity index is 546. The normalized spacial score (nSPS) is 10.8. The van der Waals surface area contributed by atoms with E-state index in [1.807, 2.05) is 0 Å². The minimum Gasteiger partial charge on any atom is -0.375 e. The zero-order chi connectivity index (χ0) is 12.6. The summed E-state index contributed by atoms with van der Waals surface area (Å²) < 4.78 is 26.4. The third-order valence-electron chi connectivity index (χ3n) is 2.35. The number of aryl methyl sites for hydroxylation is 1. The van der Waals surface area contributed by atoms with Gasteiger partial charge in [0.25, 0.3) is 0 Å². The summed E-state index contributed by atoms with van der Waals surface area (Å²) in [6.07, 6.45) is 0.269. The van der Waals surface area contributed by atoms with E-state index in [4.69, 9.17) is 17.3 Å². The van der Waals surface area contributed by atoms with Crippen LogP contribution in [0.1, 0.15) is 16.1 Å². The van der Waals surface area contributed by atoms with Crippen LogP contribution in [0.4, 0.5) is 13.9 Å². The molecule has 1 heterocycles. The molecule has 0 fully saturated rings. The van der Waals surface area contributed by atoms with E-state index in [9.17, 15) is 8.78 Å². The highest BCUT2D eigenvalue weighted by Crippen LogP contribution is 2.28. The van der Waals surface area contributed by atoms with Gasteiger partial charge < -0.3 is 5.73 Å². The third kappa shape index (κ3) is 2.56. The first-order valence-electron chi connectivity index (χ1n) is 4.82. The molecular formula is C11H9ClF2N2S. The Morgan fingerprint density at radius 2 is 2.12 bits per heavy atom. The molecule has 6 heteroatoms. The lowest BCUT2D eigenvalue weighted by molar-refractivity contribution is 0.575. The van der Waals surface area contributed by atoms with Crippen LogP contribution in [0.2, 0.25) is 5.02 Å². The summed E-state index contributed by atoms with van der Waals surface area (Å²) in [4.78, 5) is 4.87. The van der Waals surface area contributed by atoms with Crippen molar-refractivity contribution in [2.75, 3.05) is 5.73 Å². The van der Waals surface area contributed by atoms with Crippen molar-refractivity contribution in [3.8, 4) is 0 Å². The maximum atomic E-state index is 13.6. The molecule has 2 nitrogen and oxygen atoms in total. The van der Waals surface area contributed by atoms with Gasteiger partial charge in [-0.3, -0.25) is 0 Å². The van der Waals surface area contributed by atoms with Gasteiger partial charge in [-0.25, -0.2) is 13.8 Å². The van der Waals surface area contributed by atoms with E-state index in [2.05, 4.69) is 4.98 Å². The number of hydrogen-bond donors (Lipinski definition) is 1. The second-order valence-electron chi connectivity index (χ2n) is 3.59. The van der Waals surface area contributed by atoms with Gasteiger partial charge in [-0.2, -0.15) is 0 Å². The highest BCUT2D eigenvalue weighted by atomic mass is 35.5. The molecule has 0 saturated heterocycles. The van der Waals surface area contributed by atoms with Crippen LogP contribution in [0, 0.1) is 18.6 Å². The van der Waals surface area contributed by atoms with Gasteiger partial charge in [-0.05, 0) is 13.0 Å². The van der Waals surface area contributed by atoms with Gasteiger partial charge in [0.2, 0.25) is 0 Å². The fraction of sp³-hybridized carbons (Fsp3) is 0.182. The van der Waals surface area contributed by atoms with Crippen LogP contribution < -0.4 is 5.73 Å². The zero-order valence-corrected chi connectivity index (χ0v) is 10.5. The van der Waals surface area contributed by atoms with Crippen LogP contribution in [-0.2, 0) is 6.42 Å². The lowest BCUT2D eigenvalue weighted by Crippen LogP contribution is -1.95. The molecular weight excluding hydrogens is 266 g/mol. The topological polar surface area (TPSA) is 38.9 Å². The van der Waals surface area contributed by atoms with E-state index in [0.717, 1.165) is 22.7 Å². The fourth-order valence-corrected chi connectivity index (χ4v) is 2.62. The van der Waals surface area contributed by atoms with Gasteiger partial charge in [-0.15, -0.1) is 11.3 Å². The average molecular weight is 275 g/mol. The molecule has 0 unspecified atom stereocenters. The van der Waals surface area contributed by atoms with Gasteiger partial charge in [0.1, 0.15) is 11.6 Å². The summed E-state index contributed by atoms with van der Waals surface area (Å²) in [5.41, 5.74) is 6.56. The van der Waals surface area contributed by atoms with Crippen molar-refractivity contribution in [3.63, 3.8) is 0 Å². The molecule has 1 aromatic heterocycles. The number of benzene rings is 1. The van der Waals surface area contributed by atoms with Gasteiger partial charge in [0.15, 0.2) is 5.13 Å². The van der Waals surface area contributed by atoms with Crippen LogP contribution in [0.25, 0.3) is 0 Å². The molecule has 17 heavy (non-hydrogen) atoms. The summed E-state index contributed by atoms with van der Waals surface area (Å²) in [5.74, 6) is -1.34. The van der Waals surface area contributed by atoms with Crippen LogP contribution in [0.15, 0.2) is 12.1 Å². The molecule has 0 radical (unpaired) electrons. The van der Waals surface area contributed by atoms with Gasteiger partial charge in [0, 0.05) is 28.0 Å². The molecule has 2 aromatic rings. The molecule has 0 aliphatic carbocycles. The summed E-state index contributed by atoms with van der Waals surface area (Å²) in [5, 5.41) is 0.505. The van der Waals surface area contributed by atoms with Crippen molar-refractivity contribution < 1.29 is 8.78 Å². The highest BCUT2D eigenvalue weighted by molar-refractivity contribution is 7.15. The van der Waals surface area contributed by atoms with Crippen molar-refractivity contribution in [2.24, 2.45) is 0 Å². The SMILES string of the molecule is Cc1nc(N)sc1Cc1c(F)cc(F)cc1Cl. The molecule has 0 saturated carbocycles. The Labute approximate surface area is 106 Å². The molecule has 2 rings (SSSR count). The number of nitrogens with zero attached hydrogens (tertiary/aromatic N) is 1. The molecule has 0 atom stereocenters. The highest BCUT2D eigenvalue weighted by Gasteiger charge is 2.14. The second kappa shape index (κ2) is 4.58. The number of nitrogens with two attached hydrogens (primary N) is 1. The van der Waals surface area contributed by atoms with Crippen LogP contribution in [0.5, 0.6) is 0 Å². The molecule has 0 aliphatic rings. The summed E-state index contributed by atoms with van der Waals surface area (Å²) in [6.45, 7) is 1.79. The first-order valence-corrected chi connectivity index (χ1v) is 6.02. The number of thiazole rings is 1. The Morgan fingerprint density at radius 1 is 1.41 bits per heavy atom. The molecule has 2 N–H and O–H groups in total. The Balaban J connectivity index is 2.39. The van der Waals surface area contributed by atoms with Crippen molar-refractivity contribution in [1.82, 2.24) is 4.98 Å². The molecule has 0 bridgehead atoms. The number of halogens is 3. The largest absolute Gasteiger partial charge is 0.375 e. The van der Waals surface area contributed by atoms with E-state index in [1.165, 1.54) is 11.3 Å². The standard InChI is InChI=1S/C11H9ClF2N2S/c1-5-10(17-11(15)16-5)4-7-8(12)2-6(13)3-9(7)14/h2-3H,4H2,1H3,(H2,15,16). The lowest BCUT2D eigenvalue weighted by atomic mass is 10.1. The van der Waals surface area contributed by atoms with Crippen molar-refractivity contribution in [2.45, 2.75) is 13.3 Å². The molecule has 0 amide bonds. The van der Waals surface area contributed by atoms with Crippen LogP contribution >= 0.6 is 22.9 Å². The minimum absolute atomic E-state index is 0.0777. The van der Waals surface area contributed by atoms with Crippen molar-refractivity contribution in [3.05, 3.63) is 44.9 Å². The van der Waals surface area contributed by atoms with Crippen molar-refractivity contribution in [1.29, 1.82) is 0 Å². The lowest BCUT2D eigenvalue weighted by Gasteiger charge is -2.05. The Kier molecular flexibility index (Phi) is 3.31. The fourth-order valence-electron chi connectivity index (χ4n) is 1.52. The number of aromatic nitrogens is 1. The molecule has 90 valence electrons. The van der Waals surface area contributed by atoms with E-state index in [0.29, 0.717) is 5.13 Å². The molecule has 0 aliphatic heterocycles. The maximum Gasteiger partial charge on any atom is 0.180 e. The number of rotatable bonds is 2. The minimum atomic E-state index is -0.684. The van der Waals surface area contributed by atoms with Gasteiger partial charge in [-0.1, -0.05) is 11.6 Å². The quantitative estimate of drug-likeness (QED) is 0.909. The Hall–Kier alpha value is -1.20. The number of anilines is 1. The number of nitrogen functional groups attached to an aromatic ring is 1. The monoisotopic (exact) mass is 274 g/mol. The predicted octanol–water partition coefficient (Wildman–Crippen LogP) is 3.56. The van der Waals surface area contributed by atoms with Crippen LogP contribution in [0.3, 0.4) is 0 Å². The first kappa shape index (κ1) is 12.3. The Morgan fingerprint density at radius 3 is 2.65 bits per heavy atom. The van der Waals surface area contributed by atoms with Gasteiger partial charge in [0.05, 0.1) is 5.69 Å². The second-order valence-corrected chi connectivity index (χ2v) is 5.11. The summed E-state index contributed by atoms with van der Waals surface area (Å²) in [7, 11) is 0. The summed E-state index contributed by atoms with van der Waals surface area (Å²) in [6, 6.07) is 1.92. The summed E-state index contributed by atoms with van der Waals surface area (Å²) >= 11 is 7.10. The van der Waals surface area contributed by atoms with Crippen LogP contribution in [-0.4, -0.2) is 4.98 Å². The molecule has 1 aromatic carbocycles. The van der Waals surface area contributed by atoms with Crippen molar-refractivity contribution >= 4 is 28.1 Å². The third-order valence-corrected chi connectivity index (χ3v) is 3.68. The molecule has 0 spiro atoms. The maximum absolute atomic E-state index is 13.6.